The number of carbonyl (C=O) groups excluding carboxylic acids is 2. The Morgan fingerprint density at radius 2 is 1.86 bits per heavy atom. The summed E-state index contributed by atoms with van der Waals surface area (Å²) in [5, 5.41) is 12.2. The average molecular weight is 391 g/mol. The SMILES string of the molecule is O=C1c2ccccc2C(=O)N1C(O)C(c1cc2cccnc2[nH]1)C1CCCCO1. The summed E-state index contributed by atoms with van der Waals surface area (Å²) < 4.78 is 5.97. The fourth-order valence-electron chi connectivity index (χ4n) is 4.37. The van der Waals surface area contributed by atoms with Gasteiger partial charge in [0.1, 0.15) is 11.9 Å². The van der Waals surface area contributed by atoms with Gasteiger partial charge in [0.15, 0.2) is 0 Å². The molecule has 0 spiro atoms. The molecule has 2 aliphatic rings. The summed E-state index contributed by atoms with van der Waals surface area (Å²) in [4.78, 5) is 34.4. The molecular weight excluding hydrogens is 370 g/mol. The Bertz CT molecular complexity index is 1020. The molecule has 0 bridgehead atoms. The molecule has 4 heterocycles. The summed E-state index contributed by atoms with van der Waals surface area (Å²) in [5.41, 5.74) is 2.03. The van der Waals surface area contributed by atoms with E-state index in [2.05, 4.69) is 9.97 Å². The van der Waals surface area contributed by atoms with Crippen LogP contribution in [0.5, 0.6) is 0 Å². The maximum Gasteiger partial charge on any atom is 0.263 e. The van der Waals surface area contributed by atoms with Crippen LogP contribution in [0, 0.1) is 0 Å². The number of hydrogen-bond donors (Lipinski definition) is 2. The number of nitrogens with zero attached hydrogens (tertiary/aromatic N) is 2. The van der Waals surface area contributed by atoms with Crippen molar-refractivity contribution in [2.45, 2.75) is 37.5 Å². The lowest BCUT2D eigenvalue weighted by atomic mass is 9.90. The first-order valence-corrected chi connectivity index (χ1v) is 9.85. The molecule has 148 valence electrons. The normalized spacial score (nSPS) is 21.4. The van der Waals surface area contributed by atoms with Gasteiger partial charge in [0.25, 0.3) is 11.8 Å². The van der Waals surface area contributed by atoms with E-state index >= 15 is 0 Å². The summed E-state index contributed by atoms with van der Waals surface area (Å²) in [6.45, 7) is 0.592. The summed E-state index contributed by atoms with van der Waals surface area (Å²) in [5.74, 6) is -1.55. The molecule has 1 saturated heterocycles. The molecule has 7 heteroatoms. The number of rotatable bonds is 4. The van der Waals surface area contributed by atoms with Crippen LogP contribution in [-0.4, -0.2) is 50.7 Å². The number of aromatic nitrogens is 2. The van der Waals surface area contributed by atoms with E-state index in [1.165, 1.54) is 0 Å². The van der Waals surface area contributed by atoms with Crippen LogP contribution in [0.2, 0.25) is 0 Å². The standard InChI is InChI=1S/C22H21N3O4/c26-20-14-7-1-2-8-15(14)21(27)25(20)22(28)18(17-9-3-4-11-29-17)16-12-13-6-5-10-23-19(13)24-16/h1-2,5-8,10,12,17-18,22,28H,3-4,9,11H2,(H,23,24). The number of imide groups is 1. The predicted molar refractivity (Wildman–Crippen MR) is 105 cm³/mol. The second kappa shape index (κ2) is 7.09. The molecule has 3 aromatic rings. The number of hydrogen-bond acceptors (Lipinski definition) is 5. The molecule has 2 aromatic heterocycles. The Hall–Kier alpha value is -3.03. The highest BCUT2D eigenvalue weighted by Crippen LogP contribution is 2.36. The van der Waals surface area contributed by atoms with E-state index in [4.69, 9.17) is 4.74 Å². The molecule has 29 heavy (non-hydrogen) atoms. The largest absolute Gasteiger partial charge is 0.377 e. The molecule has 3 atom stereocenters. The number of carbonyl (C=O) groups is 2. The van der Waals surface area contributed by atoms with Crippen molar-refractivity contribution in [1.29, 1.82) is 0 Å². The van der Waals surface area contributed by atoms with Crippen LogP contribution >= 0.6 is 0 Å². The lowest BCUT2D eigenvalue weighted by molar-refractivity contribution is -0.0650. The van der Waals surface area contributed by atoms with Crippen molar-refractivity contribution < 1.29 is 19.4 Å². The maximum atomic E-state index is 12.9. The van der Waals surface area contributed by atoms with E-state index in [1.54, 1.807) is 30.5 Å². The Labute approximate surface area is 167 Å². The van der Waals surface area contributed by atoms with Crippen molar-refractivity contribution in [2.75, 3.05) is 6.61 Å². The number of aromatic amines is 1. The minimum absolute atomic E-state index is 0.309. The minimum Gasteiger partial charge on any atom is -0.377 e. The zero-order chi connectivity index (χ0) is 20.0. The van der Waals surface area contributed by atoms with Gasteiger partial charge in [-0.15, -0.1) is 0 Å². The first-order valence-electron chi connectivity index (χ1n) is 9.85. The van der Waals surface area contributed by atoms with Crippen molar-refractivity contribution in [3.8, 4) is 0 Å². The Kier molecular flexibility index (Phi) is 4.41. The van der Waals surface area contributed by atoms with Gasteiger partial charge in [-0.25, -0.2) is 9.88 Å². The first kappa shape index (κ1) is 18.0. The van der Waals surface area contributed by atoms with Gasteiger partial charge in [-0.2, -0.15) is 0 Å². The zero-order valence-electron chi connectivity index (χ0n) is 15.7. The third-order valence-corrected chi connectivity index (χ3v) is 5.80. The van der Waals surface area contributed by atoms with E-state index in [9.17, 15) is 14.7 Å². The third kappa shape index (κ3) is 2.94. The van der Waals surface area contributed by atoms with Crippen LogP contribution in [0.4, 0.5) is 0 Å². The number of amides is 2. The van der Waals surface area contributed by atoms with Gasteiger partial charge in [0.05, 0.1) is 23.1 Å². The molecule has 0 saturated carbocycles. The van der Waals surface area contributed by atoms with Crippen LogP contribution in [0.3, 0.4) is 0 Å². The number of fused-ring (bicyclic) bond motifs is 2. The van der Waals surface area contributed by atoms with Crippen molar-refractivity contribution >= 4 is 22.8 Å². The monoisotopic (exact) mass is 391 g/mol. The quantitative estimate of drug-likeness (QED) is 0.667. The Morgan fingerprint density at radius 1 is 1.10 bits per heavy atom. The number of pyridine rings is 1. The van der Waals surface area contributed by atoms with Crippen LogP contribution in [-0.2, 0) is 4.74 Å². The highest BCUT2D eigenvalue weighted by atomic mass is 16.5. The van der Waals surface area contributed by atoms with Gasteiger partial charge in [-0.1, -0.05) is 12.1 Å². The molecule has 0 aliphatic carbocycles. The van der Waals surface area contributed by atoms with Gasteiger partial charge in [-0.3, -0.25) is 9.59 Å². The highest BCUT2D eigenvalue weighted by Gasteiger charge is 2.45. The van der Waals surface area contributed by atoms with Crippen LogP contribution in [0.1, 0.15) is 51.6 Å². The van der Waals surface area contributed by atoms with Crippen LogP contribution in [0.25, 0.3) is 11.0 Å². The molecule has 5 rings (SSSR count). The molecule has 7 nitrogen and oxygen atoms in total. The van der Waals surface area contributed by atoms with Gasteiger partial charge in [0, 0.05) is 23.9 Å². The molecule has 2 aliphatic heterocycles. The van der Waals surface area contributed by atoms with Crippen LogP contribution in [0.15, 0.2) is 48.7 Å². The van der Waals surface area contributed by atoms with Gasteiger partial charge < -0.3 is 14.8 Å². The molecule has 1 fully saturated rings. The van der Waals surface area contributed by atoms with E-state index < -0.39 is 24.0 Å². The first-order chi connectivity index (χ1) is 14.1. The van der Waals surface area contributed by atoms with E-state index in [1.807, 2.05) is 18.2 Å². The third-order valence-electron chi connectivity index (χ3n) is 5.80. The summed E-state index contributed by atoms with van der Waals surface area (Å²) in [6.07, 6.45) is 2.70. The van der Waals surface area contributed by atoms with Crippen molar-refractivity contribution in [2.24, 2.45) is 0 Å². The lowest BCUT2D eigenvalue weighted by Crippen LogP contribution is -2.47. The molecule has 2 N–H and O–H groups in total. The average Bonchev–Trinajstić information content (AvgIpc) is 3.28. The second-order valence-electron chi connectivity index (χ2n) is 7.54. The summed E-state index contributed by atoms with van der Waals surface area (Å²) in [7, 11) is 0. The number of aliphatic hydroxyl groups excluding tert-OH is 1. The predicted octanol–water partition coefficient (Wildman–Crippen LogP) is 2.83. The fraction of sp³-hybridized carbons (Fsp3) is 0.318. The summed E-state index contributed by atoms with van der Waals surface area (Å²) >= 11 is 0. The van der Waals surface area contributed by atoms with Gasteiger partial charge >= 0.3 is 0 Å². The fourth-order valence-corrected chi connectivity index (χ4v) is 4.37. The smallest absolute Gasteiger partial charge is 0.263 e. The van der Waals surface area contributed by atoms with Crippen LogP contribution < -0.4 is 0 Å². The van der Waals surface area contributed by atoms with E-state index in [0.29, 0.717) is 29.1 Å². The van der Waals surface area contributed by atoms with Gasteiger partial charge in [-0.05, 0) is 49.6 Å². The Morgan fingerprint density at radius 3 is 2.52 bits per heavy atom. The number of benzene rings is 1. The Balaban J connectivity index is 1.56. The summed E-state index contributed by atoms with van der Waals surface area (Å²) in [6, 6.07) is 12.3. The minimum atomic E-state index is -1.35. The highest BCUT2D eigenvalue weighted by molar-refractivity contribution is 6.21. The topological polar surface area (TPSA) is 95.5 Å². The zero-order valence-corrected chi connectivity index (χ0v) is 15.7. The number of ether oxygens (including phenoxy) is 1. The van der Waals surface area contributed by atoms with Crippen molar-refractivity contribution in [1.82, 2.24) is 14.9 Å². The van der Waals surface area contributed by atoms with E-state index in [-0.39, 0.29) is 6.10 Å². The van der Waals surface area contributed by atoms with Crippen molar-refractivity contribution in [3.63, 3.8) is 0 Å². The number of H-pyrrole nitrogens is 1. The maximum absolute atomic E-state index is 12.9. The molecule has 3 unspecified atom stereocenters. The molecular formula is C22H21N3O4. The van der Waals surface area contributed by atoms with Crippen molar-refractivity contribution in [3.05, 3.63) is 65.5 Å². The van der Waals surface area contributed by atoms with Gasteiger partial charge in [0.2, 0.25) is 0 Å². The molecule has 0 radical (unpaired) electrons. The number of nitrogens with one attached hydrogen (secondary N) is 1. The molecule has 1 aromatic carbocycles. The number of aliphatic hydroxyl groups is 1. The lowest BCUT2D eigenvalue weighted by Gasteiger charge is -2.35. The second-order valence-corrected chi connectivity index (χ2v) is 7.54. The van der Waals surface area contributed by atoms with E-state index in [0.717, 1.165) is 29.5 Å². The molecule has 2 amide bonds.